The van der Waals surface area contributed by atoms with Crippen LogP contribution in [-0.2, 0) is 13.7 Å². The molecule has 1 aromatic heterocycles. The lowest BCUT2D eigenvalue weighted by Crippen LogP contribution is -2.10. The third kappa shape index (κ3) is 3.08. The van der Waals surface area contributed by atoms with Gasteiger partial charge in [-0.3, -0.25) is 0 Å². The Kier molecular flexibility index (Phi) is 4.12. The molecule has 0 saturated carbocycles. The van der Waals surface area contributed by atoms with E-state index < -0.39 is 0 Å². The first kappa shape index (κ1) is 13.9. The third-order valence-electron chi connectivity index (χ3n) is 3.04. The van der Waals surface area contributed by atoms with Gasteiger partial charge in [0, 0.05) is 18.7 Å². The smallest absolute Gasteiger partial charge is 0.147 e. The maximum Gasteiger partial charge on any atom is 0.147 e. The molecule has 0 bridgehead atoms. The predicted octanol–water partition coefficient (Wildman–Crippen LogP) is 2.98. The number of aromatic nitrogens is 2. The van der Waals surface area contributed by atoms with Crippen molar-refractivity contribution in [3.63, 3.8) is 0 Å². The highest BCUT2D eigenvalue weighted by Crippen LogP contribution is 2.25. The second kappa shape index (κ2) is 5.63. The van der Waals surface area contributed by atoms with E-state index in [0.29, 0.717) is 11.8 Å². The molecule has 2 aromatic rings. The first-order valence-corrected chi connectivity index (χ1v) is 6.52. The molecule has 0 amide bonds. The maximum absolute atomic E-state index is 5.96. The summed E-state index contributed by atoms with van der Waals surface area (Å²) in [6.07, 6.45) is 1.61. The quantitative estimate of drug-likeness (QED) is 0.936. The Labute approximate surface area is 118 Å². The highest BCUT2D eigenvalue weighted by molar-refractivity contribution is 6.29. The summed E-state index contributed by atoms with van der Waals surface area (Å²) in [5, 5.41) is 0.593. The van der Waals surface area contributed by atoms with Gasteiger partial charge in [0.15, 0.2) is 0 Å². The highest BCUT2D eigenvalue weighted by atomic mass is 35.5. The number of halogens is 1. The van der Waals surface area contributed by atoms with Gasteiger partial charge >= 0.3 is 0 Å². The fourth-order valence-corrected chi connectivity index (χ4v) is 2.00. The highest BCUT2D eigenvalue weighted by Gasteiger charge is 2.10. The topological polar surface area (TPSA) is 53.1 Å². The Morgan fingerprint density at radius 3 is 2.79 bits per heavy atom. The van der Waals surface area contributed by atoms with Gasteiger partial charge in [-0.25, -0.2) is 4.98 Å². The molecule has 1 atom stereocenters. The van der Waals surface area contributed by atoms with Crippen LogP contribution in [0.2, 0.25) is 5.15 Å². The van der Waals surface area contributed by atoms with Crippen LogP contribution in [0.3, 0.4) is 0 Å². The van der Waals surface area contributed by atoms with Gasteiger partial charge in [-0.05, 0) is 19.9 Å². The maximum atomic E-state index is 5.96. The molecule has 0 spiro atoms. The molecule has 0 aliphatic heterocycles. The Morgan fingerprint density at radius 2 is 2.21 bits per heavy atom. The third-order valence-corrected chi connectivity index (χ3v) is 3.39. The Balaban J connectivity index is 2.17. The minimum atomic E-state index is -0.0696. The number of ether oxygens (including phenoxy) is 1. The minimum absolute atomic E-state index is 0.0696. The van der Waals surface area contributed by atoms with Crippen LogP contribution in [0.15, 0.2) is 24.4 Å². The summed E-state index contributed by atoms with van der Waals surface area (Å²) in [4.78, 5) is 4.20. The Bertz CT molecular complexity index is 578. The fourth-order valence-electron chi connectivity index (χ4n) is 1.86. The Hall–Kier alpha value is -1.52. The van der Waals surface area contributed by atoms with E-state index in [-0.39, 0.29) is 6.04 Å². The molecule has 2 N–H and O–H groups in total. The molecule has 0 unspecified atom stereocenters. The van der Waals surface area contributed by atoms with Gasteiger partial charge < -0.3 is 15.0 Å². The largest absolute Gasteiger partial charge is 0.485 e. The second-order valence-corrected chi connectivity index (χ2v) is 5.06. The summed E-state index contributed by atoms with van der Waals surface area (Å²) in [6, 6.07) is 5.93. The van der Waals surface area contributed by atoms with Gasteiger partial charge in [-0.2, -0.15) is 0 Å². The molecule has 0 saturated heterocycles. The van der Waals surface area contributed by atoms with Gasteiger partial charge in [0.05, 0.1) is 6.20 Å². The predicted molar refractivity (Wildman–Crippen MR) is 76.3 cm³/mol. The molecule has 4 nitrogen and oxygen atoms in total. The molecular formula is C14H18ClN3O. The van der Waals surface area contributed by atoms with Gasteiger partial charge in [0.25, 0.3) is 0 Å². The number of benzene rings is 1. The number of aryl methyl sites for hydroxylation is 1. The van der Waals surface area contributed by atoms with Crippen LogP contribution in [0, 0.1) is 6.92 Å². The molecule has 0 radical (unpaired) electrons. The number of nitrogens with zero attached hydrogens (tertiary/aromatic N) is 2. The molecule has 102 valence electrons. The van der Waals surface area contributed by atoms with Crippen LogP contribution in [0.4, 0.5) is 0 Å². The summed E-state index contributed by atoms with van der Waals surface area (Å²) < 4.78 is 7.60. The van der Waals surface area contributed by atoms with Crippen molar-refractivity contribution in [1.29, 1.82) is 0 Å². The minimum Gasteiger partial charge on any atom is -0.485 e. The normalized spacial score (nSPS) is 12.5. The van der Waals surface area contributed by atoms with Gasteiger partial charge in [-0.15, -0.1) is 0 Å². The van der Waals surface area contributed by atoms with E-state index in [0.717, 1.165) is 17.1 Å². The number of nitrogens with two attached hydrogens (primary N) is 1. The van der Waals surface area contributed by atoms with E-state index in [1.54, 1.807) is 10.8 Å². The van der Waals surface area contributed by atoms with Crippen LogP contribution >= 0.6 is 11.6 Å². The van der Waals surface area contributed by atoms with Crippen LogP contribution < -0.4 is 10.5 Å². The van der Waals surface area contributed by atoms with E-state index in [2.05, 4.69) is 4.98 Å². The summed E-state index contributed by atoms with van der Waals surface area (Å²) in [5.41, 5.74) is 8.13. The molecule has 2 rings (SSSR count). The average molecular weight is 280 g/mol. The van der Waals surface area contributed by atoms with E-state index in [9.17, 15) is 0 Å². The summed E-state index contributed by atoms with van der Waals surface area (Å²) in [7, 11) is 1.86. The van der Waals surface area contributed by atoms with Gasteiger partial charge in [0.1, 0.15) is 23.3 Å². The zero-order valence-corrected chi connectivity index (χ0v) is 12.1. The lowest BCUT2D eigenvalue weighted by Gasteiger charge is -2.14. The fraction of sp³-hybridized carbons (Fsp3) is 0.357. The zero-order valence-electron chi connectivity index (χ0n) is 11.4. The SMILES string of the molecule is Cc1ccc(OCc2ncc(Cl)n2C)c([C@@H](C)N)c1. The molecule has 5 heteroatoms. The molecule has 0 aliphatic carbocycles. The standard InChI is InChI=1S/C14H18ClN3O/c1-9-4-5-12(11(6-9)10(2)16)19-8-14-17-7-13(15)18(14)3/h4-7,10H,8,16H2,1-3H3/t10-/m1/s1. The van der Waals surface area contributed by atoms with Gasteiger partial charge in [-0.1, -0.05) is 29.3 Å². The molecular weight excluding hydrogens is 262 g/mol. The number of hydrogen-bond acceptors (Lipinski definition) is 3. The summed E-state index contributed by atoms with van der Waals surface area (Å²) >= 11 is 5.94. The van der Waals surface area contributed by atoms with Gasteiger partial charge in [0.2, 0.25) is 0 Å². The lowest BCUT2D eigenvalue weighted by molar-refractivity contribution is 0.287. The van der Waals surface area contributed by atoms with Crippen molar-refractivity contribution in [2.24, 2.45) is 12.8 Å². The zero-order chi connectivity index (χ0) is 14.0. The van der Waals surface area contributed by atoms with E-state index in [4.69, 9.17) is 22.1 Å². The molecule has 0 aliphatic rings. The van der Waals surface area contributed by atoms with E-state index >= 15 is 0 Å². The monoisotopic (exact) mass is 279 g/mol. The molecule has 1 heterocycles. The molecule has 19 heavy (non-hydrogen) atoms. The number of rotatable bonds is 4. The van der Waals surface area contributed by atoms with Crippen molar-refractivity contribution in [2.75, 3.05) is 0 Å². The van der Waals surface area contributed by atoms with Crippen LogP contribution in [-0.4, -0.2) is 9.55 Å². The van der Waals surface area contributed by atoms with Crippen molar-refractivity contribution < 1.29 is 4.74 Å². The first-order chi connectivity index (χ1) is 8.99. The first-order valence-electron chi connectivity index (χ1n) is 6.14. The van der Waals surface area contributed by atoms with Crippen molar-refractivity contribution >= 4 is 11.6 Å². The number of imidazole rings is 1. The second-order valence-electron chi connectivity index (χ2n) is 4.67. The van der Waals surface area contributed by atoms with E-state index in [1.807, 2.05) is 39.1 Å². The van der Waals surface area contributed by atoms with Crippen molar-refractivity contribution in [3.8, 4) is 5.75 Å². The molecule has 0 fully saturated rings. The van der Waals surface area contributed by atoms with Crippen LogP contribution in [0.25, 0.3) is 0 Å². The van der Waals surface area contributed by atoms with Crippen molar-refractivity contribution in [1.82, 2.24) is 9.55 Å². The molecule has 1 aromatic carbocycles. The van der Waals surface area contributed by atoms with Crippen LogP contribution in [0.5, 0.6) is 5.75 Å². The number of hydrogen-bond donors (Lipinski definition) is 1. The summed E-state index contributed by atoms with van der Waals surface area (Å²) in [5.74, 6) is 1.57. The Morgan fingerprint density at radius 1 is 1.47 bits per heavy atom. The van der Waals surface area contributed by atoms with Crippen LogP contribution in [0.1, 0.15) is 29.9 Å². The van der Waals surface area contributed by atoms with E-state index in [1.165, 1.54) is 5.56 Å². The van der Waals surface area contributed by atoms with Crippen molar-refractivity contribution in [2.45, 2.75) is 26.5 Å². The van der Waals surface area contributed by atoms with Crippen molar-refractivity contribution in [3.05, 3.63) is 46.5 Å². The average Bonchev–Trinajstić information content (AvgIpc) is 2.68. The lowest BCUT2D eigenvalue weighted by atomic mass is 10.1. The summed E-state index contributed by atoms with van der Waals surface area (Å²) in [6.45, 7) is 4.35.